The van der Waals surface area contributed by atoms with Crippen LogP contribution in [0.25, 0.3) is 0 Å². The molecule has 0 unspecified atom stereocenters. The largest absolute Gasteiger partial charge is 0.301 e. The van der Waals surface area contributed by atoms with Gasteiger partial charge in [0.2, 0.25) is 0 Å². The van der Waals surface area contributed by atoms with Gasteiger partial charge in [-0.05, 0) is 32.7 Å². The van der Waals surface area contributed by atoms with Crippen LogP contribution in [0.4, 0.5) is 0 Å². The van der Waals surface area contributed by atoms with Crippen LogP contribution in [0.5, 0.6) is 0 Å². The van der Waals surface area contributed by atoms with Crippen molar-refractivity contribution in [3.8, 4) is 0 Å². The Hall–Kier alpha value is -0.0800. The van der Waals surface area contributed by atoms with Crippen molar-refractivity contribution in [1.82, 2.24) is 9.80 Å². The molecule has 1 heterocycles. The third-order valence-corrected chi connectivity index (χ3v) is 4.14. The normalized spacial score (nSPS) is 19.0. The van der Waals surface area contributed by atoms with Crippen molar-refractivity contribution in [3.63, 3.8) is 0 Å². The Labute approximate surface area is 115 Å². The van der Waals surface area contributed by atoms with Crippen LogP contribution in [0, 0.1) is 5.92 Å². The van der Waals surface area contributed by atoms with Crippen LogP contribution >= 0.6 is 0 Å². The molecule has 0 aliphatic carbocycles. The standard InChI is InChI=1S/C16H34N2/c1-15(2)9-7-5-6-8-10-17-11-13-18(14-12-17)16(3)4/h15-16H,5-14H2,1-4H3. The molecule has 2 heteroatoms. The molecule has 0 N–H and O–H groups in total. The first kappa shape index (κ1) is 16.0. The van der Waals surface area contributed by atoms with Crippen molar-refractivity contribution in [3.05, 3.63) is 0 Å². The van der Waals surface area contributed by atoms with Crippen LogP contribution in [0.2, 0.25) is 0 Å². The molecule has 1 saturated heterocycles. The summed E-state index contributed by atoms with van der Waals surface area (Å²) in [6, 6.07) is 0.725. The van der Waals surface area contributed by atoms with E-state index in [4.69, 9.17) is 0 Å². The number of hydrogen-bond acceptors (Lipinski definition) is 2. The van der Waals surface area contributed by atoms with E-state index < -0.39 is 0 Å². The number of hydrogen-bond donors (Lipinski definition) is 0. The average Bonchev–Trinajstić information content (AvgIpc) is 2.34. The summed E-state index contributed by atoms with van der Waals surface area (Å²) in [6.45, 7) is 15.7. The van der Waals surface area contributed by atoms with Crippen LogP contribution in [-0.2, 0) is 0 Å². The van der Waals surface area contributed by atoms with Crippen molar-refractivity contribution < 1.29 is 0 Å². The Kier molecular flexibility index (Phi) is 7.92. The van der Waals surface area contributed by atoms with Crippen molar-refractivity contribution in [2.45, 2.75) is 65.8 Å². The summed E-state index contributed by atoms with van der Waals surface area (Å²) < 4.78 is 0. The summed E-state index contributed by atoms with van der Waals surface area (Å²) in [5.74, 6) is 0.883. The first-order valence-corrected chi connectivity index (χ1v) is 8.06. The zero-order valence-corrected chi connectivity index (χ0v) is 13.1. The number of piperazine rings is 1. The Morgan fingerprint density at radius 3 is 1.94 bits per heavy atom. The minimum Gasteiger partial charge on any atom is -0.301 e. The van der Waals surface area contributed by atoms with Crippen molar-refractivity contribution in [2.24, 2.45) is 5.92 Å². The molecule has 1 aliphatic rings. The Morgan fingerprint density at radius 1 is 0.778 bits per heavy atom. The van der Waals surface area contributed by atoms with E-state index in [0.29, 0.717) is 0 Å². The van der Waals surface area contributed by atoms with E-state index in [1.54, 1.807) is 0 Å². The Morgan fingerprint density at radius 2 is 1.39 bits per heavy atom. The molecule has 0 saturated carbocycles. The van der Waals surface area contributed by atoms with Gasteiger partial charge in [-0.2, -0.15) is 0 Å². The number of nitrogens with zero attached hydrogens (tertiary/aromatic N) is 2. The predicted octanol–water partition coefficient (Wildman–Crippen LogP) is 3.62. The van der Waals surface area contributed by atoms with Crippen LogP contribution in [-0.4, -0.2) is 48.6 Å². The van der Waals surface area contributed by atoms with Crippen molar-refractivity contribution in [1.29, 1.82) is 0 Å². The van der Waals surface area contributed by atoms with Gasteiger partial charge in [-0.1, -0.05) is 39.5 Å². The van der Waals surface area contributed by atoms with E-state index in [-0.39, 0.29) is 0 Å². The Balaban J connectivity index is 1.95. The van der Waals surface area contributed by atoms with E-state index in [2.05, 4.69) is 37.5 Å². The summed E-state index contributed by atoms with van der Waals surface area (Å²) in [5.41, 5.74) is 0. The summed E-state index contributed by atoms with van der Waals surface area (Å²) in [7, 11) is 0. The molecule has 0 radical (unpaired) electrons. The quantitative estimate of drug-likeness (QED) is 0.610. The topological polar surface area (TPSA) is 6.48 Å². The zero-order chi connectivity index (χ0) is 13.4. The van der Waals surface area contributed by atoms with E-state index >= 15 is 0 Å². The van der Waals surface area contributed by atoms with E-state index in [9.17, 15) is 0 Å². The fourth-order valence-corrected chi connectivity index (χ4v) is 2.74. The average molecular weight is 254 g/mol. The summed E-state index contributed by atoms with van der Waals surface area (Å²) in [4.78, 5) is 5.25. The molecule has 0 atom stereocenters. The van der Waals surface area contributed by atoms with Gasteiger partial charge in [-0.25, -0.2) is 0 Å². The molecule has 18 heavy (non-hydrogen) atoms. The minimum absolute atomic E-state index is 0.725. The summed E-state index contributed by atoms with van der Waals surface area (Å²) in [5, 5.41) is 0. The monoisotopic (exact) mass is 254 g/mol. The van der Waals surface area contributed by atoms with Crippen molar-refractivity contribution in [2.75, 3.05) is 32.7 Å². The molecular weight excluding hydrogens is 220 g/mol. The van der Waals surface area contributed by atoms with Gasteiger partial charge in [-0.15, -0.1) is 0 Å². The number of unbranched alkanes of at least 4 members (excludes halogenated alkanes) is 3. The van der Waals surface area contributed by atoms with Gasteiger partial charge < -0.3 is 4.90 Å². The van der Waals surface area contributed by atoms with Crippen LogP contribution < -0.4 is 0 Å². The van der Waals surface area contributed by atoms with Gasteiger partial charge in [-0.3, -0.25) is 4.90 Å². The molecule has 0 aromatic heterocycles. The molecule has 0 aromatic rings. The first-order valence-electron chi connectivity index (χ1n) is 8.06. The first-order chi connectivity index (χ1) is 8.59. The lowest BCUT2D eigenvalue weighted by atomic mass is 10.0. The second-order valence-electron chi connectivity index (χ2n) is 6.57. The third-order valence-electron chi connectivity index (χ3n) is 4.14. The van der Waals surface area contributed by atoms with E-state index in [0.717, 1.165) is 12.0 Å². The van der Waals surface area contributed by atoms with Gasteiger partial charge in [0.1, 0.15) is 0 Å². The molecule has 0 bridgehead atoms. The highest BCUT2D eigenvalue weighted by atomic mass is 15.3. The molecule has 2 nitrogen and oxygen atoms in total. The lowest BCUT2D eigenvalue weighted by molar-refractivity contribution is 0.107. The maximum absolute atomic E-state index is 2.65. The molecule has 0 aromatic carbocycles. The molecule has 0 spiro atoms. The minimum atomic E-state index is 0.725. The fourth-order valence-electron chi connectivity index (χ4n) is 2.74. The highest BCUT2D eigenvalue weighted by Crippen LogP contribution is 2.11. The third kappa shape index (κ3) is 6.75. The van der Waals surface area contributed by atoms with Crippen LogP contribution in [0.1, 0.15) is 59.8 Å². The van der Waals surface area contributed by atoms with Gasteiger partial charge >= 0.3 is 0 Å². The zero-order valence-electron chi connectivity index (χ0n) is 13.1. The van der Waals surface area contributed by atoms with E-state index in [1.807, 2.05) is 0 Å². The summed E-state index contributed by atoms with van der Waals surface area (Å²) >= 11 is 0. The molecular formula is C16H34N2. The maximum Gasteiger partial charge on any atom is 0.0113 e. The lowest BCUT2D eigenvalue weighted by Gasteiger charge is -2.36. The lowest BCUT2D eigenvalue weighted by Crippen LogP contribution is -2.48. The highest BCUT2D eigenvalue weighted by molar-refractivity contribution is 4.73. The van der Waals surface area contributed by atoms with Crippen molar-refractivity contribution >= 4 is 0 Å². The fraction of sp³-hybridized carbons (Fsp3) is 1.00. The van der Waals surface area contributed by atoms with Gasteiger partial charge in [0.25, 0.3) is 0 Å². The number of rotatable bonds is 8. The molecule has 0 amide bonds. The van der Waals surface area contributed by atoms with Crippen LogP contribution in [0.15, 0.2) is 0 Å². The molecule has 108 valence electrons. The van der Waals surface area contributed by atoms with Gasteiger partial charge in [0, 0.05) is 32.2 Å². The second-order valence-corrected chi connectivity index (χ2v) is 6.57. The SMILES string of the molecule is CC(C)CCCCCCN1CCN(C(C)C)CC1. The maximum atomic E-state index is 2.65. The highest BCUT2D eigenvalue weighted by Gasteiger charge is 2.17. The smallest absolute Gasteiger partial charge is 0.0113 e. The predicted molar refractivity (Wildman–Crippen MR) is 81.1 cm³/mol. The van der Waals surface area contributed by atoms with E-state index in [1.165, 1.54) is 64.8 Å². The second kappa shape index (κ2) is 8.92. The Bertz CT molecular complexity index is 193. The molecule has 1 aliphatic heterocycles. The molecule has 1 rings (SSSR count). The van der Waals surface area contributed by atoms with Gasteiger partial charge in [0.15, 0.2) is 0 Å². The van der Waals surface area contributed by atoms with Crippen LogP contribution in [0.3, 0.4) is 0 Å². The molecule has 1 fully saturated rings. The van der Waals surface area contributed by atoms with Gasteiger partial charge in [0.05, 0.1) is 0 Å². The summed E-state index contributed by atoms with van der Waals surface area (Å²) in [6.07, 6.45) is 7.10.